The Hall–Kier alpha value is -0.850. The Bertz CT molecular complexity index is 508. The van der Waals surface area contributed by atoms with E-state index in [1.54, 1.807) is 16.6 Å². The third kappa shape index (κ3) is 4.07. The number of nitrogens with zero attached hydrogens (tertiary/aromatic N) is 2. The molecule has 0 atom stereocenters. The number of unbranched alkanes of at least 4 members (excludes halogenated alkanes) is 1. The SMILES string of the molecule is CCCCN(CC)S(=O)(=O)c1cc(CNCC)n(C)c1. The fourth-order valence-corrected chi connectivity index (χ4v) is 3.66. The minimum Gasteiger partial charge on any atom is -0.352 e. The highest BCUT2D eigenvalue weighted by Gasteiger charge is 2.24. The average molecular weight is 301 g/mol. The van der Waals surface area contributed by atoms with Crippen molar-refractivity contribution in [3.63, 3.8) is 0 Å². The number of nitrogens with one attached hydrogen (secondary N) is 1. The Morgan fingerprint density at radius 3 is 2.55 bits per heavy atom. The smallest absolute Gasteiger partial charge is 0.244 e. The van der Waals surface area contributed by atoms with Crippen molar-refractivity contribution in [2.75, 3.05) is 19.6 Å². The van der Waals surface area contributed by atoms with Crippen LogP contribution in [0.2, 0.25) is 0 Å². The largest absolute Gasteiger partial charge is 0.352 e. The molecule has 1 heterocycles. The van der Waals surface area contributed by atoms with E-state index in [0.717, 1.165) is 25.1 Å². The fraction of sp³-hybridized carbons (Fsp3) is 0.714. The van der Waals surface area contributed by atoms with Crippen LogP contribution in [-0.2, 0) is 23.6 Å². The molecule has 0 bridgehead atoms. The van der Waals surface area contributed by atoms with Gasteiger partial charge in [-0.15, -0.1) is 0 Å². The van der Waals surface area contributed by atoms with Gasteiger partial charge in [-0.3, -0.25) is 0 Å². The standard InChI is InChI=1S/C14H27N3O2S/c1-5-8-9-17(7-3)20(18,19)14-10-13(11-15-6-2)16(4)12-14/h10,12,15H,5-9,11H2,1-4H3. The van der Waals surface area contributed by atoms with Crippen molar-refractivity contribution >= 4 is 10.0 Å². The topological polar surface area (TPSA) is 54.3 Å². The number of aromatic nitrogens is 1. The van der Waals surface area contributed by atoms with E-state index in [-0.39, 0.29) is 0 Å². The summed E-state index contributed by atoms with van der Waals surface area (Å²) in [5, 5.41) is 3.22. The summed E-state index contributed by atoms with van der Waals surface area (Å²) in [4.78, 5) is 0.394. The van der Waals surface area contributed by atoms with Crippen LogP contribution < -0.4 is 5.32 Å². The predicted octanol–water partition coefficient (Wildman–Crippen LogP) is 1.95. The van der Waals surface area contributed by atoms with Crippen molar-refractivity contribution in [1.82, 2.24) is 14.2 Å². The van der Waals surface area contributed by atoms with Crippen LogP contribution in [-0.4, -0.2) is 36.9 Å². The van der Waals surface area contributed by atoms with Gasteiger partial charge in [-0.2, -0.15) is 4.31 Å². The van der Waals surface area contributed by atoms with E-state index in [9.17, 15) is 8.42 Å². The second kappa shape index (κ2) is 7.81. The highest BCUT2D eigenvalue weighted by Crippen LogP contribution is 2.19. The molecule has 0 aliphatic rings. The van der Waals surface area contributed by atoms with E-state index in [0.29, 0.717) is 24.5 Å². The van der Waals surface area contributed by atoms with Gasteiger partial charge in [0.15, 0.2) is 0 Å². The lowest BCUT2D eigenvalue weighted by atomic mass is 10.3. The quantitative estimate of drug-likeness (QED) is 0.758. The first kappa shape index (κ1) is 17.2. The molecule has 0 radical (unpaired) electrons. The molecule has 0 aromatic carbocycles. The van der Waals surface area contributed by atoms with Crippen LogP contribution in [0.4, 0.5) is 0 Å². The molecule has 116 valence electrons. The Morgan fingerprint density at radius 2 is 2.00 bits per heavy atom. The molecule has 0 fully saturated rings. The zero-order chi connectivity index (χ0) is 15.2. The van der Waals surface area contributed by atoms with E-state index < -0.39 is 10.0 Å². The van der Waals surface area contributed by atoms with Crippen LogP contribution in [0.15, 0.2) is 17.2 Å². The number of sulfonamides is 1. The first-order chi connectivity index (χ1) is 9.47. The maximum Gasteiger partial charge on any atom is 0.244 e. The van der Waals surface area contributed by atoms with Gasteiger partial charge in [0.05, 0.1) is 0 Å². The summed E-state index contributed by atoms with van der Waals surface area (Å²) in [5.41, 5.74) is 0.983. The first-order valence-electron chi connectivity index (χ1n) is 7.33. The predicted molar refractivity (Wildman–Crippen MR) is 82.1 cm³/mol. The molecule has 6 heteroatoms. The maximum atomic E-state index is 12.6. The summed E-state index contributed by atoms with van der Waals surface area (Å²) in [6.07, 6.45) is 3.59. The second-order valence-corrected chi connectivity index (χ2v) is 6.85. The molecule has 20 heavy (non-hydrogen) atoms. The Morgan fingerprint density at radius 1 is 1.30 bits per heavy atom. The molecular formula is C14H27N3O2S. The zero-order valence-corrected chi connectivity index (χ0v) is 13.8. The highest BCUT2D eigenvalue weighted by molar-refractivity contribution is 7.89. The Balaban J connectivity index is 2.96. The van der Waals surface area contributed by atoms with Gasteiger partial charge in [-0.25, -0.2) is 8.42 Å². The van der Waals surface area contributed by atoms with E-state index >= 15 is 0 Å². The third-order valence-corrected chi connectivity index (χ3v) is 5.33. The summed E-state index contributed by atoms with van der Waals surface area (Å²) < 4.78 is 28.6. The molecule has 0 amide bonds. The minimum absolute atomic E-state index is 0.394. The molecule has 0 aliphatic carbocycles. The van der Waals surface area contributed by atoms with Crippen LogP contribution in [0.1, 0.15) is 39.3 Å². The monoisotopic (exact) mass is 301 g/mol. The van der Waals surface area contributed by atoms with Crippen LogP contribution >= 0.6 is 0 Å². The van der Waals surface area contributed by atoms with Crippen molar-refractivity contribution in [2.24, 2.45) is 7.05 Å². The maximum absolute atomic E-state index is 12.6. The number of rotatable bonds is 9. The van der Waals surface area contributed by atoms with Gasteiger partial charge in [0.2, 0.25) is 10.0 Å². The average Bonchev–Trinajstić information content (AvgIpc) is 2.79. The van der Waals surface area contributed by atoms with Crippen LogP contribution in [0.5, 0.6) is 0 Å². The molecule has 0 saturated carbocycles. The second-order valence-electron chi connectivity index (χ2n) is 4.91. The summed E-state index contributed by atoms with van der Waals surface area (Å²) in [6, 6.07) is 1.77. The molecule has 0 spiro atoms. The van der Waals surface area contributed by atoms with Crippen molar-refractivity contribution < 1.29 is 8.42 Å². The molecule has 1 aromatic rings. The summed E-state index contributed by atoms with van der Waals surface area (Å²) >= 11 is 0. The molecule has 0 aliphatic heterocycles. The van der Waals surface area contributed by atoms with E-state index in [4.69, 9.17) is 0 Å². The van der Waals surface area contributed by atoms with Crippen molar-refractivity contribution in [1.29, 1.82) is 0 Å². The lowest BCUT2D eigenvalue weighted by molar-refractivity contribution is 0.419. The van der Waals surface area contributed by atoms with Crippen LogP contribution in [0.25, 0.3) is 0 Å². The summed E-state index contributed by atoms with van der Waals surface area (Å²) in [7, 11) is -1.48. The summed E-state index contributed by atoms with van der Waals surface area (Å²) in [6.45, 7) is 8.64. The van der Waals surface area contributed by atoms with Gasteiger partial charge >= 0.3 is 0 Å². The molecule has 1 N–H and O–H groups in total. The van der Waals surface area contributed by atoms with Crippen LogP contribution in [0.3, 0.4) is 0 Å². The Kier molecular flexibility index (Phi) is 6.71. The number of hydrogen-bond acceptors (Lipinski definition) is 3. The minimum atomic E-state index is -3.37. The van der Waals surface area contributed by atoms with E-state index in [2.05, 4.69) is 12.2 Å². The first-order valence-corrected chi connectivity index (χ1v) is 8.77. The molecule has 1 aromatic heterocycles. The molecule has 5 nitrogen and oxygen atoms in total. The van der Waals surface area contributed by atoms with Crippen molar-refractivity contribution in [2.45, 2.75) is 45.1 Å². The van der Waals surface area contributed by atoms with Gasteiger partial charge < -0.3 is 9.88 Å². The third-order valence-electron chi connectivity index (χ3n) is 3.39. The van der Waals surface area contributed by atoms with Crippen LogP contribution in [0, 0.1) is 0 Å². The molecule has 0 saturated heterocycles. The molecule has 0 unspecified atom stereocenters. The summed E-state index contributed by atoms with van der Waals surface area (Å²) in [5.74, 6) is 0. The molecule has 1 rings (SSSR count). The fourth-order valence-electron chi connectivity index (χ4n) is 2.08. The number of aryl methyl sites for hydroxylation is 1. The number of hydrogen-bond donors (Lipinski definition) is 1. The van der Waals surface area contributed by atoms with Crippen molar-refractivity contribution in [3.8, 4) is 0 Å². The van der Waals surface area contributed by atoms with Gasteiger partial charge in [0.1, 0.15) is 4.90 Å². The van der Waals surface area contributed by atoms with E-state index in [1.807, 2.05) is 25.5 Å². The lowest BCUT2D eigenvalue weighted by Crippen LogP contribution is -2.31. The lowest BCUT2D eigenvalue weighted by Gasteiger charge is -2.19. The molecular weight excluding hydrogens is 274 g/mol. The Labute approximate surface area is 123 Å². The normalized spacial score (nSPS) is 12.2. The van der Waals surface area contributed by atoms with Gasteiger partial charge in [0.25, 0.3) is 0 Å². The van der Waals surface area contributed by atoms with Gasteiger partial charge in [0, 0.05) is 38.6 Å². The highest BCUT2D eigenvalue weighted by atomic mass is 32.2. The van der Waals surface area contributed by atoms with Crippen molar-refractivity contribution in [3.05, 3.63) is 18.0 Å². The van der Waals surface area contributed by atoms with E-state index in [1.165, 1.54) is 0 Å². The van der Waals surface area contributed by atoms with Gasteiger partial charge in [-0.05, 0) is 19.0 Å². The van der Waals surface area contributed by atoms with Gasteiger partial charge in [-0.1, -0.05) is 27.2 Å². The zero-order valence-electron chi connectivity index (χ0n) is 13.0.